The predicted octanol–water partition coefficient (Wildman–Crippen LogP) is 4.44. The van der Waals surface area contributed by atoms with Crippen LogP contribution in [-0.2, 0) is 12.8 Å². The lowest BCUT2D eigenvalue weighted by molar-refractivity contribution is 0.536. The summed E-state index contributed by atoms with van der Waals surface area (Å²) in [7, 11) is 2.01. The lowest BCUT2D eigenvalue weighted by Crippen LogP contribution is -2.37. The second kappa shape index (κ2) is 6.51. The zero-order valence-corrected chi connectivity index (χ0v) is 14.2. The Labute approximate surface area is 137 Å². The smallest absolute Gasteiger partial charge is 0.137 e. The summed E-state index contributed by atoms with van der Waals surface area (Å²) in [5.74, 6) is -0.206. The number of nitrogens with one attached hydrogen (secondary N) is 1. The van der Waals surface area contributed by atoms with E-state index in [1.807, 2.05) is 30.9 Å². The first-order valence-corrected chi connectivity index (χ1v) is 8.70. The molecular formula is C17H17BrFNS. The highest BCUT2D eigenvalue weighted by molar-refractivity contribution is 9.10. The number of likely N-dealkylation sites (N-methyl/N-ethyl adjacent to an activating group) is 1. The normalized spacial score (nSPS) is 18.5. The van der Waals surface area contributed by atoms with Crippen LogP contribution < -0.4 is 5.32 Å². The average Bonchev–Trinajstić information content (AvgIpc) is 2.92. The van der Waals surface area contributed by atoms with Crippen molar-refractivity contribution < 1.29 is 4.39 Å². The van der Waals surface area contributed by atoms with E-state index in [1.54, 1.807) is 0 Å². The van der Waals surface area contributed by atoms with E-state index in [0.29, 0.717) is 15.8 Å². The van der Waals surface area contributed by atoms with Crippen LogP contribution in [0.2, 0.25) is 0 Å². The molecule has 0 aromatic heterocycles. The van der Waals surface area contributed by atoms with Gasteiger partial charge in [0.1, 0.15) is 5.82 Å². The number of benzene rings is 2. The molecule has 0 saturated heterocycles. The van der Waals surface area contributed by atoms with Crippen LogP contribution in [0.4, 0.5) is 4.39 Å². The van der Waals surface area contributed by atoms with Crippen molar-refractivity contribution in [3.8, 4) is 0 Å². The molecule has 1 nitrogen and oxygen atoms in total. The molecule has 1 aliphatic rings. The fraction of sp³-hybridized carbons (Fsp3) is 0.294. The molecule has 0 saturated carbocycles. The summed E-state index contributed by atoms with van der Waals surface area (Å²) < 4.78 is 13.9. The van der Waals surface area contributed by atoms with Crippen molar-refractivity contribution in [2.24, 2.45) is 0 Å². The Morgan fingerprint density at radius 3 is 2.86 bits per heavy atom. The predicted molar refractivity (Wildman–Crippen MR) is 90.4 cm³/mol. The molecular weight excluding hydrogens is 349 g/mol. The number of hydrogen-bond donors (Lipinski definition) is 1. The van der Waals surface area contributed by atoms with Crippen molar-refractivity contribution in [3.63, 3.8) is 0 Å². The molecule has 0 fully saturated rings. The maximum Gasteiger partial charge on any atom is 0.137 e. The van der Waals surface area contributed by atoms with Crippen molar-refractivity contribution in [2.75, 3.05) is 7.05 Å². The van der Waals surface area contributed by atoms with Gasteiger partial charge in [-0.2, -0.15) is 0 Å². The van der Waals surface area contributed by atoms with E-state index in [2.05, 4.69) is 45.5 Å². The van der Waals surface area contributed by atoms with Crippen molar-refractivity contribution >= 4 is 27.7 Å². The van der Waals surface area contributed by atoms with Crippen LogP contribution in [0.1, 0.15) is 11.1 Å². The average molecular weight is 366 g/mol. The van der Waals surface area contributed by atoms with Crippen molar-refractivity contribution in [1.82, 2.24) is 5.32 Å². The molecule has 0 amide bonds. The minimum absolute atomic E-state index is 0.206. The number of fused-ring (bicyclic) bond motifs is 1. The molecule has 0 bridgehead atoms. The summed E-state index contributed by atoms with van der Waals surface area (Å²) in [6, 6.07) is 14.3. The summed E-state index contributed by atoms with van der Waals surface area (Å²) in [5.41, 5.74) is 2.59. The Morgan fingerprint density at radius 2 is 2.14 bits per heavy atom. The molecule has 21 heavy (non-hydrogen) atoms. The third-order valence-corrected chi connectivity index (χ3v) is 5.99. The molecule has 0 radical (unpaired) electrons. The van der Waals surface area contributed by atoms with Gasteiger partial charge in [0.25, 0.3) is 0 Å². The van der Waals surface area contributed by atoms with Crippen LogP contribution in [0, 0.1) is 5.82 Å². The Bertz CT molecular complexity index is 621. The minimum Gasteiger partial charge on any atom is -0.316 e. The molecule has 3 rings (SSSR count). The SMILES string of the molecule is CNC(Cc1ccc(F)c(Br)c1)C1Cc2ccccc2S1. The van der Waals surface area contributed by atoms with Crippen molar-refractivity contribution in [3.05, 3.63) is 63.9 Å². The zero-order valence-electron chi connectivity index (χ0n) is 11.8. The standard InChI is InChI=1S/C17H17BrFNS/c1-20-15(9-11-6-7-14(19)13(18)8-11)17-10-12-4-2-3-5-16(12)21-17/h2-8,15,17,20H,9-10H2,1H3. The van der Waals surface area contributed by atoms with Crippen LogP contribution in [-0.4, -0.2) is 18.3 Å². The Balaban J connectivity index is 1.73. The number of rotatable bonds is 4. The molecule has 1 aliphatic heterocycles. The lowest BCUT2D eigenvalue weighted by atomic mass is 9.99. The van der Waals surface area contributed by atoms with E-state index in [-0.39, 0.29) is 5.82 Å². The lowest BCUT2D eigenvalue weighted by Gasteiger charge is -2.22. The molecule has 1 heterocycles. The fourth-order valence-corrected chi connectivity index (χ4v) is 4.64. The first-order valence-electron chi connectivity index (χ1n) is 7.03. The molecule has 2 unspecified atom stereocenters. The first-order chi connectivity index (χ1) is 10.2. The molecule has 0 aliphatic carbocycles. The number of halogens is 2. The van der Waals surface area contributed by atoms with E-state index in [1.165, 1.54) is 16.5 Å². The van der Waals surface area contributed by atoms with Gasteiger partial charge in [0.2, 0.25) is 0 Å². The second-order valence-corrected chi connectivity index (χ2v) is 7.45. The summed E-state index contributed by atoms with van der Waals surface area (Å²) in [5, 5.41) is 3.96. The highest BCUT2D eigenvalue weighted by Gasteiger charge is 2.28. The van der Waals surface area contributed by atoms with E-state index >= 15 is 0 Å². The van der Waals surface area contributed by atoms with Gasteiger partial charge >= 0.3 is 0 Å². The first kappa shape index (κ1) is 15.1. The molecule has 0 spiro atoms. The third-order valence-electron chi connectivity index (χ3n) is 3.93. The Kier molecular flexibility index (Phi) is 4.67. The van der Waals surface area contributed by atoms with E-state index in [4.69, 9.17) is 0 Å². The van der Waals surface area contributed by atoms with Gasteiger partial charge in [-0.1, -0.05) is 24.3 Å². The fourth-order valence-electron chi connectivity index (χ4n) is 2.77. The van der Waals surface area contributed by atoms with Gasteiger partial charge < -0.3 is 5.32 Å². The Morgan fingerprint density at radius 1 is 1.33 bits per heavy atom. The number of thioether (sulfide) groups is 1. The van der Waals surface area contributed by atoms with Crippen molar-refractivity contribution in [2.45, 2.75) is 29.0 Å². The summed E-state index contributed by atoms with van der Waals surface area (Å²) >= 11 is 5.21. The molecule has 2 aromatic rings. The van der Waals surface area contributed by atoms with Gasteiger partial charge in [-0.05, 0) is 65.1 Å². The maximum absolute atomic E-state index is 13.3. The summed E-state index contributed by atoms with van der Waals surface area (Å²) in [6.07, 6.45) is 2.00. The van der Waals surface area contributed by atoms with Gasteiger partial charge in [0.15, 0.2) is 0 Å². The van der Waals surface area contributed by atoms with E-state index < -0.39 is 0 Å². The molecule has 110 valence electrons. The highest BCUT2D eigenvalue weighted by atomic mass is 79.9. The van der Waals surface area contributed by atoms with Crippen molar-refractivity contribution in [1.29, 1.82) is 0 Å². The maximum atomic E-state index is 13.3. The summed E-state index contributed by atoms with van der Waals surface area (Å²) in [6.45, 7) is 0. The van der Waals surface area contributed by atoms with E-state index in [0.717, 1.165) is 18.4 Å². The third kappa shape index (κ3) is 3.33. The quantitative estimate of drug-likeness (QED) is 0.859. The molecule has 2 aromatic carbocycles. The van der Waals surface area contributed by atoms with Crippen LogP contribution >= 0.6 is 27.7 Å². The highest BCUT2D eigenvalue weighted by Crippen LogP contribution is 2.39. The summed E-state index contributed by atoms with van der Waals surface area (Å²) in [4.78, 5) is 1.39. The van der Waals surface area contributed by atoms with Gasteiger partial charge in [0.05, 0.1) is 4.47 Å². The van der Waals surface area contributed by atoms with Gasteiger partial charge in [-0.25, -0.2) is 4.39 Å². The number of hydrogen-bond acceptors (Lipinski definition) is 2. The van der Waals surface area contributed by atoms with Crippen LogP contribution in [0.3, 0.4) is 0 Å². The van der Waals surface area contributed by atoms with Crippen LogP contribution in [0.15, 0.2) is 51.8 Å². The van der Waals surface area contributed by atoms with E-state index in [9.17, 15) is 4.39 Å². The van der Waals surface area contributed by atoms with Gasteiger partial charge in [-0.15, -0.1) is 11.8 Å². The molecule has 2 atom stereocenters. The largest absolute Gasteiger partial charge is 0.316 e. The second-order valence-electron chi connectivity index (χ2n) is 5.32. The molecule has 1 N–H and O–H groups in total. The van der Waals surface area contributed by atoms with Gasteiger partial charge in [-0.3, -0.25) is 0 Å². The molecule has 4 heteroatoms. The monoisotopic (exact) mass is 365 g/mol. The van der Waals surface area contributed by atoms with Gasteiger partial charge in [0, 0.05) is 16.2 Å². The van der Waals surface area contributed by atoms with Crippen LogP contribution in [0.5, 0.6) is 0 Å². The Hall–Kier alpha value is -0.840. The zero-order chi connectivity index (χ0) is 14.8. The van der Waals surface area contributed by atoms with Crippen LogP contribution in [0.25, 0.3) is 0 Å². The minimum atomic E-state index is -0.206. The topological polar surface area (TPSA) is 12.0 Å².